The molecule has 13 rings (SSSR count). The molecule has 0 unspecified atom stereocenters. The lowest BCUT2D eigenvalue weighted by atomic mass is 9.30. The molecular weight excluding hydrogens is 789 g/mol. The summed E-state index contributed by atoms with van der Waals surface area (Å²) in [7, 11) is 0. The Morgan fingerprint density at radius 3 is 1.71 bits per heavy atom. The predicted molar refractivity (Wildman–Crippen MR) is 267 cm³/mol. The van der Waals surface area contributed by atoms with Gasteiger partial charge in [0.05, 0.1) is 11.4 Å². The van der Waals surface area contributed by atoms with Crippen LogP contribution in [0.1, 0.15) is 27.8 Å². The number of hydrogen-bond acceptors (Lipinski definition) is 6. The molecule has 63 heavy (non-hydrogen) atoms. The van der Waals surface area contributed by atoms with Crippen LogP contribution in [0.2, 0.25) is 0 Å². The van der Waals surface area contributed by atoms with E-state index < -0.39 is 0 Å². The minimum atomic E-state index is -0.123. The molecule has 0 radical (unpaired) electrons. The van der Waals surface area contributed by atoms with Crippen molar-refractivity contribution >= 4 is 110 Å². The molecule has 0 atom stereocenters. The number of nitrogens with zero attached hydrogens (tertiary/aromatic N) is 2. The minimum Gasteiger partial charge on any atom is -0.458 e. The second-order valence-corrected chi connectivity index (χ2v) is 18.7. The Morgan fingerprint density at radius 2 is 0.952 bits per heavy atom. The molecule has 0 aromatic heterocycles. The third-order valence-electron chi connectivity index (χ3n) is 13.9. The standard InChI is InChI=1S/C54H41B3N2O3S/c1-30-20-34(5)52-44(21-30)58(35-14-8-7-9-15-35)42-18-12-10-16-36(42)55(52)38-27-40-47(26-33(38)4)61-50-24-32(3)25-51-54(50)57(40)41-28-39-43(29-48(41)62-51)59(63-6)45-22-31(2)23-49-53(45)56(39)37-17-11-13-19-46(37)60-49/h7-29H,1-6H3. The largest absolute Gasteiger partial charge is 0.458 e. The van der Waals surface area contributed by atoms with Crippen LogP contribution >= 0.6 is 11.9 Å². The zero-order valence-corrected chi connectivity index (χ0v) is 36.9. The Balaban J connectivity index is 1.05. The molecular formula is C54H41B3N2O3S. The summed E-state index contributed by atoms with van der Waals surface area (Å²) in [5, 5.41) is 0. The second-order valence-electron chi connectivity index (χ2n) is 17.9. The number of aryl methyl sites for hydroxylation is 5. The van der Waals surface area contributed by atoms with Gasteiger partial charge in [0.2, 0.25) is 6.71 Å². The van der Waals surface area contributed by atoms with E-state index in [1.54, 1.807) is 11.9 Å². The van der Waals surface area contributed by atoms with E-state index in [0.717, 1.165) is 67.8 Å². The van der Waals surface area contributed by atoms with Crippen molar-refractivity contribution in [2.75, 3.05) is 15.5 Å². The number of ether oxygens (including phenoxy) is 3. The summed E-state index contributed by atoms with van der Waals surface area (Å²) in [6.45, 7) is 10.9. The number of para-hydroxylation sites is 3. The highest BCUT2D eigenvalue weighted by Gasteiger charge is 2.47. The van der Waals surface area contributed by atoms with Gasteiger partial charge in [0.15, 0.2) is 0 Å². The maximum atomic E-state index is 7.06. The van der Waals surface area contributed by atoms with Crippen molar-refractivity contribution in [3.63, 3.8) is 0 Å². The summed E-state index contributed by atoms with van der Waals surface area (Å²) in [6.07, 6.45) is 2.16. The van der Waals surface area contributed by atoms with Crippen LogP contribution < -0.4 is 72.6 Å². The third kappa shape index (κ3) is 5.23. The summed E-state index contributed by atoms with van der Waals surface area (Å²) in [4.78, 5) is 2.46. The fourth-order valence-corrected chi connectivity index (χ4v) is 12.2. The van der Waals surface area contributed by atoms with E-state index in [4.69, 9.17) is 14.2 Å². The van der Waals surface area contributed by atoms with Crippen molar-refractivity contribution in [2.24, 2.45) is 0 Å². The molecule has 0 aliphatic carbocycles. The molecule has 0 fully saturated rings. The fraction of sp³-hybridized carbons (Fsp3) is 0.111. The highest BCUT2D eigenvalue weighted by Crippen LogP contribution is 2.43. The molecule has 0 saturated heterocycles. The van der Waals surface area contributed by atoms with Gasteiger partial charge in [-0.2, -0.15) is 0 Å². The molecule has 8 aromatic carbocycles. The Morgan fingerprint density at radius 1 is 0.381 bits per heavy atom. The molecule has 300 valence electrons. The summed E-state index contributed by atoms with van der Waals surface area (Å²) in [5.41, 5.74) is 22.9. The van der Waals surface area contributed by atoms with Gasteiger partial charge < -0.3 is 19.1 Å². The number of fused-ring (bicyclic) bond motifs is 10. The Bertz CT molecular complexity index is 3320. The lowest BCUT2D eigenvalue weighted by Crippen LogP contribution is -2.64. The molecule has 5 nitrogen and oxygen atoms in total. The van der Waals surface area contributed by atoms with Crippen LogP contribution in [-0.4, -0.2) is 26.4 Å². The highest BCUT2D eigenvalue weighted by molar-refractivity contribution is 8.00. The number of anilines is 5. The van der Waals surface area contributed by atoms with Crippen LogP contribution in [0.4, 0.5) is 28.4 Å². The van der Waals surface area contributed by atoms with Crippen LogP contribution in [0, 0.1) is 34.6 Å². The number of hydrogen-bond donors (Lipinski definition) is 0. The van der Waals surface area contributed by atoms with Crippen LogP contribution in [0.3, 0.4) is 0 Å². The van der Waals surface area contributed by atoms with E-state index in [1.807, 2.05) is 0 Å². The summed E-state index contributed by atoms with van der Waals surface area (Å²) in [6, 6.07) is 51.4. The molecule has 0 bridgehead atoms. The van der Waals surface area contributed by atoms with Crippen LogP contribution in [0.15, 0.2) is 140 Å². The number of rotatable bonds is 3. The molecule has 9 heteroatoms. The molecule has 0 N–H and O–H groups in total. The van der Waals surface area contributed by atoms with E-state index in [9.17, 15) is 0 Å². The van der Waals surface area contributed by atoms with Crippen molar-refractivity contribution in [1.29, 1.82) is 0 Å². The molecule has 0 spiro atoms. The van der Waals surface area contributed by atoms with E-state index >= 15 is 0 Å². The van der Waals surface area contributed by atoms with E-state index in [1.165, 1.54) is 72.1 Å². The first-order chi connectivity index (χ1) is 30.7. The highest BCUT2D eigenvalue weighted by atomic mass is 32.2. The quantitative estimate of drug-likeness (QED) is 0.135. The minimum absolute atomic E-state index is 0.00366. The van der Waals surface area contributed by atoms with Crippen molar-refractivity contribution in [2.45, 2.75) is 34.6 Å². The Labute approximate surface area is 374 Å². The van der Waals surface area contributed by atoms with Gasteiger partial charge in [0.1, 0.15) is 34.5 Å². The van der Waals surface area contributed by atoms with Gasteiger partial charge >= 0.3 is 0 Å². The Kier molecular flexibility index (Phi) is 7.85. The Hall–Kier alpha value is -6.70. The van der Waals surface area contributed by atoms with Gasteiger partial charge in [-0.15, -0.1) is 0 Å². The second kappa shape index (κ2) is 13.4. The van der Waals surface area contributed by atoms with Gasteiger partial charge in [0, 0.05) is 34.8 Å². The summed E-state index contributed by atoms with van der Waals surface area (Å²) in [5.74, 6) is 5.34. The predicted octanol–water partition coefficient (Wildman–Crippen LogP) is 7.61. The van der Waals surface area contributed by atoms with Crippen LogP contribution in [0.25, 0.3) is 0 Å². The van der Waals surface area contributed by atoms with E-state index in [2.05, 4.69) is 190 Å². The third-order valence-corrected chi connectivity index (χ3v) is 14.7. The van der Waals surface area contributed by atoms with Crippen LogP contribution in [-0.2, 0) is 0 Å². The first-order valence-electron chi connectivity index (χ1n) is 21.9. The normalized spacial score (nSPS) is 14.2. The molecule has 5 heterocycles. The maximum Gasteiger partial charge on any atom is 0.260 e. The van der Waals surface area contributed by atoms with Gasteiger partial charge in [-0.1, -0.05) is 89.4 Å². The number of benzene rings is 8. The molecule has 8 aromatic rings. The van der Waals surface area contributed by atoms with Crippen molar-refractivity contribution in [1.82, 2.24) is 0 Å². The first kappa shape index (κ1) is 36.9. The van der Waals surface area contributed by atoms with E-state index in [0.29, 0.717) is 0 Å². The van der Waals surface area contributed by atoms with Gasteiger partial charge in [-0.3, -0.25) is 4.31 Å². The van der Waals surface area contributed by atoms with Gasteiger partial charge in [-0.05, 0) is 162 Å². The first-order valence-corrected chi connectivity index (χ1v) is 23.1. The lowest BCUT2D eigenvalue weighted by molar-refractivity contribution is 0.464. The zero-order chi connectivity index (χ0) is 42.4. The fourth-order valence-electron chi connectivity index (χ4n) is 11.5. The average molecular weight is 830 g/mol. The topological polar surface area (TPSA) is 34.2 Å². The summed E-state index contributed by atoms with van der Waals surface area (Å²) < 4.78 is 23.1. The molecule has 0 saturated carbocycles. The van der Waals surface area contributed by atoms with Crippen LogP contribution in [0.5, 0.6) is 34.5 Å². The monoisotopic (exact) mass is 830 g/mol. The average Bonchev–Trinajstić information content (AvgIpc) is 3.27. The van der Waals surface area contributed by atoms with Crippen molar-refractivity contribution in [3.05, 3.63) is 167 Å². The molecule has 0 amide bonds. The molecule has 5 aliphatic rings. The van der Waals surface area contributed by atoms with Crippen molar-refractivity contribution < 1.29 is 14.2 Å². The maximum absolute atomic E-state index is 7.06. The van der Waals surface area contributed by atoms with Gasteiger partial charge in [0.25, 0.3) is 13.4 Å². The zero-order valence-electron chi connectivity index (χ0n) is 36.0. The molecule has 5 aliphatic heterocycles. The smallest absolute Gasteiger partial charge is 0.260 e. The van der Waals surface area contributed by atoms with E-state index in [-0.39, 0.29) is 20.1 Å². The summed E-state index contributed by atoms with van der Waals surface area (Å²) >= 11 is 1.72. The lowest BCUT2D eigenvalue weighted by Gasteiger charge is -2.41. The van der Waals surface area contributed by atoms with Gasteiger partial charge in [-0.25, -0.2) is 0 Å². The van der Waals surface area contributed by atoms with Crippen molar-refractivity contribution in [3.8, 4) is 34.5 Å². The SMILES string of the molecule is CSN1c2cc3c(cc2B2c4ccccc4Oc4cc(C)cc1c42)B1c2cc(B4c5ccccc5N(c5ccccc5)c5cc(C)cc(C)c54)c(C)cc2Oc2cc(C)cc(c21)O3.